The SMILES string of the molecule is COC(=O)c1cc2ccc3ccccc3c2cc1OC. The fourth-order valence-electron chi connectivity index (χ4n) is 2.47. The van der Waals surface area contributed by atoms with Crippen LogP contribution in [0.1, 0.15) is 10.4 Å². The molecule has 0 spiro atoms. The van der Waals surface area contributed by atoms with Gasteiger partial charge in [-0.25, -0.2) is 4.79 Å². The van der Waals surface area contributed by atoms with E-state index in [1.165, 1.54) is 7.11 Å². The monoisotopic (exact) mass is 266 g/mol. The van der Waals surface area contributed by atoms with Crippen LogP contribution in [0.15, 0.2) is 48.5 Å². The van der Waals surface area contributed by atoms with Gasteiger partial charge in [0.2, 0.25) is 0 Å². The number of hydrogen-bond donors (Lipinski definition) is 0. The Morgan fingerprint density at radius 2 is 1.65 bits per heavy atom. The molecule has 0 heterocycles. The Kier molecular flexibility index (Phi) is 3.03. The minimum Gasteiger partial charge on any atom is -0.496 e. The molecule has 0 aliphatic rings. The summed E-state index contributed by atoms with van der Waals surface area (Å²) in [5.74, 6) is 0.137. The molecule has 3 aromatic carbocycles. The quantitative estimate of drug-likeness (QED) is 0.523. The molecule has 0 bridgehead atoms. The van der Waals surface area contributed by atoms with Gasteiger partial charge >= 0.3 is 5.97 Å². The summed E-state index contributed by atoms with van der Waals surface area (Å²) in [5.41, 5.74) is 0.442. The van der Waals surface area contributed by atoms with Crippen molar-refractivity contribution in [2.75, 3.05) is 14.2 Å². The summed E-state index contributed by atoms with van der Waals surface area (Å²) in [6, 6.07) is 15.9. The van der Waals surface area contributed by atoms with Crippen molar-refractivity contribution in [3.8, 4) is 5.75 Å². The number of esters is 1. The molecular weight excluding hydrogens is 252 g/mol. The van der Waals surface area contributed by atoms with Crippen LogP contribution in [0, 0.1) is 0 Å². The third kappa shape index (κ3) is 1.88. The lowest BCUT2D eigenvalue weighted by Crippen LogP contribution is -2.04. The number of ether oxygens (including phenoxy) is 2. The van der Waals surface area contributed by atoms with E-state index >= 15 is 0 Å². The Morgan fingerprint density at radius 1 is 0.900 bits per heavy atom. The molecule has 0 N–H and O–H groups in total. The van der Waals surface area contributed by atoms with Crippen molar-refractivity contribution in [1.82, 2.24) is 0 Å². The molecule has 0 saturated heterocycles. The Labute approximate surface area is 116 Å². The highest BCUT2D eigenvalue weighted by Gasteiger charge is 2.14. The molecule has 0 aliphatic heterocycles. The second-order valence-electron chi connectivity index (χ2n) is 4.55. The number of carbonyl (C=O) groups excluding carboxylic acids is 1. The van der Waals surface area contributed by atoms with Gasteiger partial charge in [-0.2, -0.15) is 0 Å². The fourth-order valence-corrected chi connectivity index (χ4v) is 2.47. The van der Waals surface area contributed by atoms with Crippen LogP contribution >= 0.6 is 0 Å². The highest BCUT2D eigenvalue weighted by atomic mass is 16.5. The van der Waals surface area contributed by atoms with Crippen molar-refractivity contribution in [2.45, 2.75) is 0 Å². The molecule has 3 nitrogen and oxygen atoms in total. The van der Waals surface area contributed by atoms with Gasteiger partial charge in [0.1, 0.15) is 11.3 Å². The lowest BCUT2D eigenvalue weighted by atomic mass is 9.99. The molecule has 0 radical (unpaired) electrons. The first-order valence-electron chi connectivity index (χ1n) is 6.32. The molecule has 0 saturated carbocycles. The molecule has 0 unspecified atom stereocenters. The molecule has 100 valence electrons. The van der Waals surface area contributed by atoms with Crippen molar-refractivity contribution in [3.05, 3.63) is 54.1 Å². The van der Waals surface area contributed by atoms with Gasteiger partial charge in [0.05, 0.1) is 14.2 Å². The smallest absolute Gasteiger partial charge is 0.341 e. The Bertz CT molecular complexity index is 806. The van der Waals surface area contributed by atoms with Crippen molar-refractivity contribution in [3.63, 3.8) is 0 Å². The topological polar surface area (TPSA) is 35.5 Å². The second-order valence-corrected chi connectivity index (χ2v) is 4.55. The van der Waals surface area contributed by atoms with E-state index in [0.29, 0.717) is 11.3 Å². The van der Waals surface area contributed by atoms with E-state index < -0.39 is 5.97 Å². The zero-order valence-corrected chi connectivity index (χ0v) is 11.3. The lowest BCUT2D eigenvalue weighted by Gasteiger charge is -2.10. The Morgan fingerprint density at radius 3 is 2.40 bits per heavy atom. The third-order valence-corrected chi connectivity index (χ3v) is 3.47. The zero-order chi connectivity index (χ0) is 14.1. The summed E-state index contributed by atoms with van der Waals surface area (Å²) in [7, 11) is 2.92. The van der Waals surface area contributed by atoms with Gasteiger partial charge in [-0.1, -0.05) is 36.4 Å². The first-order valence-corrected chi connectivity index (χ1v) is 6.32. The first-order chi connectivity index (χ1) is 9.74. The van der Waals surface area contributed by atoms with Gasteiger partial charge < -0.3 is 9.47 Å². The molecular formula is C17H14O3. The summed E-state index contributed by atoms with van der Waals surface area (Å²) in [4.78, 5) is 11.8. The number of methoxy groups -OCH3 is 2. The standard InChI is InChI=1S/C17H14O3/c1-19-16-10-14-12(9-15(16)17(18)20-2)8-7-11-5-3-4-6-13(11)14/h3-10H,1-2H3. The van der Waals surface area contributed by atoms with Crippen LogP contribution < -0.4 is 4.74 Å². The largest absolute Gasteiger partial charge is 0.496 e. The van der Waals surface area contributed by atoms with E-state index in [9.17, 15) is 4.79 Å². The number of rotatable bonds is 2. The van der Waals surface area contributed by atoms with Gasteiger partial charge in [-0.3, -0.25) is 0 Å². The van der Waals surface area contributed by atoms with Crippen LogP contribution in [0.5, 0.6) is 5.75 Å². The molecule has 0 amide bonds. The molecule has 0 atom stereocenters. The van der Waals surface area contributed by atoms with E-state index in [4.69, 9.17) is 9.47 Å². The summed E-state index contributed by atoms with van der Waals surface area (Å²) in [6.07, 6.45) is 0. The Hall–Kier alpha value is -2.55. The summed E-state index contributed by atoms with van der Waals surface area (Å²) < 4.78 is 10.1. The molecule has 0 aliphatic carbocycles. The average molecular weight is 266 g/mol. The van der Waals surface area contributed by atoms with Crippen LogP contribution in [-0.2, 0) is 4.74 Å². The molecule has 3 aromatic rings. The van der Waals surface area contributed by atoms with Crippen molar-refractivity contribution in [1.29, 1.82) is 0 Å². The number of benzene rings is 3. The van der Waals surface area contributed by atoms with Gasteiger partial charge in [-0.15, -0.1) is 0 Å². The van der Waals surface area contributed by atoms with Crippen LogP contribution in [-0.4, -0.2) is 20.2 Å². The van der Waals surface area contributed by atoms with Crippen LogP contribution in [0.2, 0.25) is 0 Å². The van der Waals surface area contributed by atoms with E-state index in [1.807, 2.05) is 36.4 Å². The highest BCUT2D eigenvalue weighted by molar-refractivity contribution is 6.10. The van der Waals surface area contributed by atoms with Gasteiger partial charge in [0.25, 0.3) is 0 Å². The predicted molar refractivity (Wildman–Crippen MR) is 79.3 cm³/mol. The normalized spacial score (nSPS) is 10.7. The van der Waals surface area contributed by atoms with Crippen molar-refractivity contribution >= 4 is 27.5 Å². The van der Waals surface area contributed by atoms with Crippen LogP contribution in [0.25, 0.3) is 21.5 Å². The number of hydrogen-bond acceptors (Lipinski definition) is 3. The predicted octanol–water partition coefficient (Wildman–Crippen LogP) is 3.79. The minimum absolute atomic E-state index is 0.392. The van der Waals surface area contributed by atoms with E-state index in [0.717, 1.165) is 21.5 Å². The molecule has 20 heavy (non-hydrogen) atoms. The van der Waals surface area contributed by atoms with Gasteiger partial charge in [-0.05, 0) is 33.7 Å². The van der Waals surface area contributed by atoms with E-state index in [2.05, 4.69) is 12.1 Å². The number of carbonyl (C=O) groups is 1. The number of fused-ring (bicyclic) bond motifs is 3. The first kappa shape index (κ1) is 12.5. The molecule has 3 rings (SSSR count). The maximum Gasteiger partial charge on any atom is 0.341 e. The zero-order valence-electron chi connectivity index (χ0n) is 11.3. The van der Waals surface area contributed by atoms with Gasteiger partial charge in [0, 0.05) is 0 Å². The maximum absolute atomic E-state index is 11.8. The van der Waals surface area contributed by atoms with Crippen molar-refractivity contribution < 1.29 is 14.3 Å². The summed E-state index contributed by atoms with van der Waals surface area (Å²) in [5, 5.41) is 4.35. The molecule has 3 heteroatoms. The highest BCUT2D eigenvalue weighted by Crippen LogP contribution is 2.31. The van der Waals surface area contributed by atoms with Crippen LogP contribution in [0.4, 0.5) is 0 Å². The lowest BCUT2D eigenvalue weighted by molar-refractivity contribution is 0.0597. The fraction of sp³-hybridized carbons (Fsp3) is 0.118. The average Bonchev–Trinajstić information content (AvgIpc) is 2.52. The third-order valence-electron chi connectivity index (χ3n) is 3.47. The van der Waals surface area contributed by atoms with E-state index in [1.54, 1.807) is 7.11 Å². The summed E-state index contributed by atoms with van der Waals surface area (Å²) >= 11 is 0. The Balaban J connectivity index is 2.38. The maximum atomic E-state index is 11.8. The summed E-state index contributed by atoms with van der Waals surface area (Å²) in [6.45, 7) is 0. The van der Waals surface area contributed by atoms with Crippen molar-refractivity contribution in [2.24, 2.45) is 0 Å². The second kappa shape index (κ2) is 4.85. The molecule has 0 aromatic heterocycles. The minimum atomic E-state index is -0.392. The van der Waals surface area contributed by atoms with Gasteiger partial charge in [0.15, 0.2) is 0 Å². The van der Waals surface area contributed by atoms with E-state index in [-0.39, 0.29) is 0 Å². The van der Waals surface area contributed by atoms with Crippen LogP contribution in [0.3, 0.4) is 0 Å². The molecule has 0 fully saturated rings.